The molecule has 18 heavy (non-hydrogen) atoms. The fraction of sp³-hybridized carbons (Fsp3) is 0.462. The molecule has 0 radical (unpaired) electrons. The molecule has 1 aromatic rings. The SMILES string of the molecule is CC(C)CC1CN=C(Nc2c(Cl)cccc2Cl)S1. The van der Waals surface area contributed by atoms with Gasteiger partial charge in [-0.3, -0.25) is 4.99 Å². The van der Waals surface area contributed by atoms with E-state index in [2.05, 4.69) is 24.2 Å². The van der Waals surface area contributed by atoms with Crippen molar-refractivity contribution in [1.29, 1.82) is 0 Å². The highest BCUT2D eigenvalue weighted by molar-refractivity contribution is 8.15. The first-order valence-corrected chi connectivity index (χ1v) is 7.62. The number of thioether (sulfide) groups is 1. The summed E-state index contributed by atoms with van der Waals surface area (Å²) >= 11 is 14.0. The summed E-state index contributed by atoms with van der Waals surface area (Å²) < 4.78 is 0. The number of benzene rings is 1. The zero-order chi connectivity index (χ0) is 13.1. The van der Waals surface area contributed by atoms with Crippen LogP contribution in [0.5, 0.6) is 0 Å². The van der Waals surface area contributed by atoms with Gasteiger partial charge in [0.2, 0.25) is 0 Å². The van der Waals surface area contributed by atoms with Crippen LogP contribution in [0.4, 0.5) is 5.69 Å². The largest absolute Gasteiger partial charge is 0.333 e. The lowest BCUT2D eigenvalue weighted by atomic mass is 10.1. The molecule has 0 amide bonds. The van der Waals surface area contributed by atoms with Gasteiger partial charge in [-0.15, -0.1) is 0 Å². The Morgan fingerprint density at radius 1 is 1.39 bits per heavy atom. The third-order valence-corrected chi connectivity index (χ3v) is 4.41. The van der Waals surface area contributed by atoms with Gasteiger partial charge in [-0.25, -0.2) is 0 Å². The van der Waals surface area contributed by atoms with Crippen LogP contribution in [-0.2, 0) is 0 Å². The molecule has 2 nitrogen and oxygen atoms in total. The van der Waals surface area contributed by atoms with Gasteiger partial charge in [-0.1, -0.05) is 54.9 Å². The number of nitrogens with one attached hydrogen (secondary N) is 1. The van der Waals surface area contributed by atoms with E-state index in [0.29, 0.717) is 21.2 Å². The molecule has 1 aliphatic rings. The number of halogens is 2. The predicted octanol–water partition coefficient (Wildman–Crippen LogP) is 4.92. The van der Waals surface area contributed by atoms with Crippen LogP contribution in [0.2, 0.25) is 10.0 Å². The standard InChI is InChI=1S/C13H16Cl2N2S/c1-8(2)6-9-7-16-13(18-9)17-12-10(14)4-3-5-11(12)15/h3-5,8-9H,6-7H2,1-2H3,(H,16,17). The summed E-state index contributed by atoms with van der Waals surface area (Å²) in [5.74, 6) is 0.695. The Morgan fingerprint density at radius 2 is 2.06 bits per heavy atom. The lowest BCUT2D eigenvalue weighted by molar-refractivity contribution is 0.575. The topological polar surface area (TPSA) is 24.4 Å². The number of hydrogen-bond acceptors (Lipinski definition) is 3. The summed E-state index contributed by atoms with van der Waals surface area (Å²) in [6.45, 7) is 5.33. The van der Waals surface area contributed by atoms with Crippen LogP contribution in [0.3, 0.4) is 0 Å². The molecule has 0 aliphatic carbocycles. The van der Waals surface area contributed by atoms with Crippen molar-refractivity contribution in [2.24, 2.45) is 10.9 Å². The van der Waals surface area contributed by atoms with Gasteiger partial charge in [0.1, 0.15) is 0 Å². The lowest BCUT2D eigenvalue weighted by Crippen LogP contribution is -2.10. The van der Waals surface area contributed by atoms with E-state index in [0.717, 1.165) is 17.4 Å². The Balaban J connectivity index is 1.99. The number of hydrogen-bond donors (Lipinski definition) is 1. The fourth-order valence-electron chi connectivity index (χ4n) is 1.86. The Hall–Kier alpha value is -0.380. The summed E-state index contributed by atoms with van der Waals surface area (Å²) in [5.41, 5.74) is 0.747. The molecule has 0 bridgehead atoms. The molecular weight excluding hydrogens is 287 g/mol. The van der Waals surface area contributed by atoms with Crippen molar-refractivity contribution in [1.82, 2.24) is 0 Å². The zero-order valence-electron chi connectivity index (χ0n) is 10.4. The van der Waals surface area contributed by atoms with E-state index in [1.165, 1.54) is 6.42 Å². The monoisotopic (exact) mass is 302 g/mol. The van der Waals surface area contributed by atoms with Crippen LogP contribution in [0.15, 0.2) is 23.2 Å². The van der Waals surface area contributed by atoms with E-state index in [9.17, 15) is 0 Å². The molecule has 1 heterocycles. The second kappa shape index (κ2) is 6.18. The number of rotatable bonds is 3. The van der Waals surface area contributed by atoms with Crippen molar-refractivity contribution in [3.8, 4) is 0 Å². The molecule has 0 saturated heterocycles. The molecule has 2 rings (SSSR count). The molecule has 1 N–H and O–H groups in total. The minimum Gasteiger partial charge on any atom is -0.333 e. The van der Waals surface area contributed by atoms with Crippen molar-refractivity contribution >= 4 is 45.8 Å². The van der Waals surface area contributed by atoms with Gasteiger partial charge in [-0.2, -0.15) is 0 Å². The number of para-hydroxylation sites is 1. The maximum atomic E-state index is 6.12. The third kappa shape index (κ3) is 3.56. The van der Waals surface area contributed by atoms with Gasteiger partial charge in [0, 0.05) is 5.25 Å². The van der Waals surface area contributed by atoms with E-state index in [-0.39, 0.29) is 0 Å². The summed E-state index contributed by atoms with van der Waals surface area (Å²) in [4.78, 5) is 4.50. The summed E-state index contributed by atoms with van der Waals surface area (Å²) in [7, 11) is 0. The average molecular weight is 303 g/mol. The van der Waals surface area contributed by atoms with Crippen LogP contribution in [-0.4, -0.2) is 17.0 Å². The van der Waals surface area contributed by atoms with Crippen LogP contribution < -0.4 is 5.32 Å². The van der Waals surface area contributed by atoms with Crippen molar-refractivity contribution in [2.45, 2.75) is 25.5 Å². The van der Waals surface area contributed by atoms with Crippen molar-refractivity contribution in [2.75, 3.05) is 11.9 Å². The predicted molar refractivity (Wildman–Crippen MR) is 83.2 cm³/mol. The van der Waals surface area contributed by atoms with Crippen LogP contribution in [0, 0.1) is 5.92 Å². The van der Waals surface area contributed by atoms with E-state index in [1.807, 2.05) is 18.2 Å². The zero-order valence-corrected chi connectivity index (χ0v) is 12.7. The smallest absolute Gasteiger partial charge is 0.161 e. The van der Waals surface area contributed by atoms with Gasteiger partial charge < -0.3 is 5.32 Å². The van der Waals surface area contributed by atoms with Crippen molar-refractivity contribution in [3.63, 3.8) is 0 Å². The molecule has 98 valence electrons. The van der Waals surface area contributed by atoms with Crippen molar-refractivity contribution < 1.29 is 0 Å². The maximum Gasteiger partial charge on any atom is 0.161 e. The molecule has 0 saturated carbocycles. The second-order valence-corrected chi connectivity index (χ2v) is 6.84. The normalized spacial score (nSPS) is 19.2. The average Bonchev–Trinajstić information content (AvgIpc) is 2.70. The van der Waals surface area contributed by atoms with E-state index < -0.39 is 0 Å². The summed E-state index contributed by atoms with van der Waals surface area (Å²) in [6, 6.07) is 5.48. The Bertz CT molecular complexity index is 440. The minimum atomic E-state index is 0.564. The first kappa shape index (κ1) is 14.0. The van der Waals surface area contributed by atoms with Gasteiger partial charge in [-0.05, 0) is 24.5 Å². The highest BCUT2D eigenvalue weighted by atomic mass is 35.5. The molecule has 1 atom stereocenters. The Labute approximate surface area is 122 Å². The number of nitrogens with zero attached hydrogens (tertiary/aromatic N) is 1. The van der Waals surface area contributed by atoms with E-state index in [4.69, 9.17) is 23.2 Å². The Kier molecular flexibility index (Phi) is 4.82. The number of amidine groups is 1. The van der Waals surface area contributed by atoms with Gasteiger partial charge in [0.15, 0.2) is 5.17 Å². The Morgan fingerprint density at radius 3 is 2.67 bits per heavy atom. The molecular formula is C13H16Cl2N2S. The first-order valence-electron chi connectivity index (χ1n) is 5.98. The van der Waals surface area contributed by atoms with Crippen molar-refractivity contribution in [3.05, 3.63) is 28.2 Å². The van der Waals surface area contributed by atoms with Gasteiger partial charge in [0.05, 0.1) is 22.3 Å². The third-order valence-electron chi connectivity index (χ3n) is 2.65. The van der Waals surface area contributed by atoms with Crippen LogP contribution in [0.25, 0.3) is 0 Å². The van der Waals surface area contributed by atoms with E-state index in [1.54, 1.807) is 11.8 Å². The molecule has 1 aromatic carbocycles. The highest BCUT2D eigenvalue weighted by Crippen LogP contribution is 2.33. The highest BCUT2D eigenvalue weighted by Gasteiger charge is 2.21. The first-order chi connectivity index (χ1) is 8.56. The lowest BCUT2D eigenvalue weighted by Gasteiger charge is -2.12. The molecule has 1 unspecified atom stereocenters. The number of aliphatic imine (C=N–C) groups is 1. The molecule has 0 spiro atoms. The minimum absolute atomic E-state index is 0.564. The summed E-state index contributed by atoms with van der Waals surface area (Å²) in [6.07, 6.45) is 1.18. The van der Waals surface area contributed by atoms with Crippen LogP contribution >= 0.6 is 35.0 Å². The van der Waals surface area contributed by atoms with Gasteiger partial charge >= 0.3 is 0 Å². The quantitative estimate of drug-likeness (QED) is 0.857. The molecule has 0 aromatic heterocycles. The van der Waals surface area contributed by atoms with Gasteiger partial charge in [0.25, 0.3) is 0 Å². The maximum absolute atomic E-state index is 6.12. The molecule has 0 fully saturated rings. The second-order valence-electron chi connectivity index (χ2n) is 4.74. The van der Waals surface area contributed by atoms with E-state index >= 15 is 0 Å². The number of anilines is 1. The molecule has 5 heteroatoms. The fourth-order valence-corrected chi connectivity index (χ4v) is 3.61. The summed E-state index contributed by atoms with van der Waals surface area (Å²) in [5, 5.41) is 5.95. The van der Waals surface area contributed by atoms with Crippen LogP contribution in [0.1, 0.15) is 20.3 Å². The molecule has 1 aliphatic heterocycles.